The smallest absolute Gasteiger partial charge is 0.271 e. The number of hydrogen-bond donors (Lipinski definition) is 1. The van der Waals surface area contributed by atoms with Crippen molar-refractivity contribution in [2.24, 2.45) is 0 Å². The molecule has 2 aromatic heterocycles. The first-order valence-corrected chi connectivity index (χ1v) is 7.72. The minimum Gasteiger partial charge on any atom is -0.377 e. The van der Waals surface area contributed by atoms with Crippen molar-refractivity contribution in [3.8, 4) is 11.3 Å². The lowest BCUT2D eigenvalue weighted by atomic mass is 10.2. The van der Waals surface area contributed by atoms with Gasteiger partial charge in [0.1, 0.15) is 11.7 Å². The van der Waals surface area contributed by atoms with Crippen LogP contribution in [0.4, 0.5) is 0 Å². The molecule has 0 spiro atoms. The maximum Gasteiger partial charge on any atom is 0.271 e. The first-order chi connectivity index (χ1) is 11.8. The van der Waals surface area contributed by atoms with Gasteiger partial charge >= 0.3 is 0 Å². The van der Waals surface area contributed by atoms with Crippen LogP contribution in [0.2, 0.25) is 0 Å². The van der Waals surface area contributed by atoms with E-state index in [-0.39, 0.29) is 11.9 Å². The van der Waals surface area contributed by atoms with E-state index in [4.69, 9.17) is 9.26 Å². The minimum atomic E-state index is -0.339. The van der Waals surface area contributed by atoms with Gasteiger partial charge in [0.05, 0.1) is 13.2 Å². The van der Waals surface area contributed by atoms with E-state index in [2.05, 4.69) is 15.1 Å². The minimum absolute atomic E-state index is 0.102. The van der Waals surface area contributed by atoms with Crippen LogP contribution in [0.25, 0.3) is 11.3 Å². The number of amides is 1. The molecule has 1 aliphatic rings. The van der Waals surface area contributed by atoms with Crippen LogP contribution in [0.5, 0.6) is 0 Å². The molecule has 3 aromatic rings. The van der Waals surface area contributed by atoms with Crippen molar-refractivity contribution in [3.63, 3.8) is 0 Å². The van der Waals surface area contributed by atoms with E-state index < -0.39 is 0 Å². The molecular formula is C17H16N4O3. The number of nitrogens with zero attached hydrogens (tertiary/aromatic N) is 3. The Hall–Kier alpha value is -2.93. The van der Waals surface area contributed by atoms with Gasteiger partial charge in [-0.05, 0) is 17.7 Å². The third-order valence-corrected chi connectivity index (χ3v) is 4.07. The third kappa shape index (κ3) is 2.69. The van der Waals surface area contributed by atoms with Crippen LogP contribution >= 0.6 is 0 Å². The molecule has 7 heteroatoms. The number of aromatic nitrogens is 3. The van der Waals surface area contributed by atoms with Crippen LogP contribution in [0.1, 0.15) is 22.4 Å². The lowest BCUT2D eigenvalue weighted by Crippen LogP contribution is -2.44. The maximum absolute atomic E-state index is 12.9. The highest BCUT2D eigenvalue weighted by Crippen LogP contribution is 2.25. The molecule has 4 rings (SSSR count). The fourth-order valence-electron chi connectivity index (χ4n) is 2.85. The second-order valence-electron chi connectivity index (χ2n) is 5.53. The number of carbonyl (C=O) groups is 1. The topological polar surface area (TPSA) is 84.2 Å². The average molecular weight is 324 g/mol. The lowest BCUT2D eigenvalue weighted by Gasteiger charge is -2.33. The first-order valence-electron chi connectivity index (χ1n) is 7.72. The molecule has 1 aliphatic heterocycles. The number of morpholine rings is 1. The molecule has 0 bridgehead atoms. The van der Waals surface area contributed by atoms with E-state index in [0.717, 1.165) is 11.3 Å². The number of carbonyl (C=O) groups excluding carboxylic acids is 1. The van der Waals surface area contributed by atoms with Crippen LogP contribution in [0, 0.1) is 0 Å². The van der Waals surface area contributed by atoms with Gasteiger partial charge in [0.25, 0.3) is 5.91 Å². The number of rotatable bonds is 3. The molecule has 24 heavy (non-hydrogen) atoms. The number of benzene rings is 1. The number of H-pyrrole nitrogens is 1. The van der Waals surface area contributed by atoms with Gasteiger partial charge in [0.2, 0.25) is 6.39 Å². The highest BCUT2D eigenvalue weighted by Gasteiger charge is 2.32. The predicted octanol–water partition coefficient (Wildman–Crippen LogP) is 2.28. The molecule has 0 radical (unpaired) electrons. The van der Waals surface area contributed by atoms with Crippen molar-refractivity contribution >= 4 is 5.91 Å². The summed E-state index contributed by atoms with van der Waals surface area (Å²) in [7, 11) is 0. The molecule has 3 heterocycles. The molecule has 1 amide bonds. The molecule has 1 N–H and O–H groups in total. The maximum atomic E-state index is 12.9. The average Bonchev–Trinajstić information content (AvgIpc) is 3.34. The Morgan fingerprint density at radius 3 is 2.88 bits per heavy atom. The fourth-order valence-corrected chi connectivity index (χ4v) is 2.85. The van der Waals surface area contributed by atoms with E-state index in [1.54, 1.807) is 11.0 Å². The summed E-state index contributed by atoms with van der Waals surface area (Å²) in [4.78, 5) is 21.9. The van der Waals surface area contributed by atoms with Crippen molar-refractivity contribution in [3.05, 3.63) is 60.4 Å². The standard InChI is InChI=1S/C17H16N4O3/c22-17(14-7-6-13(19-14)12-4-2-1-3-5-12)21-8-9-23-10-15(21)16-18-11-24-20-16/h1-7,11,15,19H,8-10H2/t15-/m1/s1. The Bertz CT molecular complexity index is 814. The summed E-state index contributed by atoms with van der Waals surface area (Å²) in [6.45, 7) is 1.33. The summed E-state index contributed by atoms with van der Waals surface area (Å²) in [5, 5.41) is 3.85. The highest BCUT2D eigenvalue weighted by molar-refractivity contribution is 5.93. The Morgan fingerprint density at radius 2 is 2.08 bits per heavy atom. The summed E-state index contributed by atoms with van der Waals surface area (Å²) < 4.78 is 10.3. The van der Waals surface area contributed by atoms with Gasteiger partial charge in [-0.3, -0.25) is 4.79 Å². The van der Waals surface area contributed by atoms with Crippen LogP contribution in [0.15, 0.2) is 53.4 Å². The fraction of sp³-hybridized carbons (Fsp3) is 0.235. The normalized spacial score (nSPS) is 17.8. The summed E-state index contributed by atoms with van der Waals surface area (Å²) >= 11 is 0. The molecule has 1 saturated heterocycles. The monoisotopic (exact) mass is 324 g/mol. The van der Waals surface area contributed by atoms with E-state index in [0.29, 0.717) is 31.3 Å². The quantitative estimate of drug-likeness (QED) is 0.799. The van der Waals surface area contributed by atoms with Gasteiger partial charge in [0, 0.05) is 12.2 Å². The molecule has 0 unspecified atom stereocenters. The van der Waals surface area contributed by atoms with Crippen molar-refractivity contribution < 1.29 is 14.1 Å². The summed E-state index contributed by atoms with van der Waals surface area (Å²) in [6.07, 6.45) is 1.26. The Balaban J connectivity index is 1.59. The van der Waals surface area contributed by atoms with Crippen LogP contribution in [-0.2, 0) is 4.74 Å². The van der Waals surface area contributed by atoms with Gasteiger partial charge in [-0.15, -0.1) is 0 Å². The second kappa shape index (κ2) is 6.29. The molecule has 0 aliphatic carbocycles. The van der Waals surface area contributed by atoms with E-state index in [1.807, 2.05) is 36.4 Å². The lowest BCUT2D eigenvalue weighted by molar-refractivity contribution is -0.00603. The van der Waals surface area contributed by atoms with Crippen LogP contribution in [0.3, 0.4) is 0 Å². The Kier molecular flexibility index (Phi) is 3.84. The van der Waals surface area contributed by atoms with Crippen LogP contribution < -0.4 is 0 Å². The zero-order chi connectivity index (χ0) is 16.4. The van der Waals surface area contributed by atoms with Crippen molar-refractivity contribution in [2.75, 3.05) is 19.8 Å². The number of ether oxygens (including phenoxy) is 1. The van der Waals surface area contributed by atoms with Gasteiger partial charge < -0.3 is 19.1 Å². The number of hydrogen-bond acceptors (Lipinski definition) is 5. The SMILES string of the molecule is O=C(c1ccc(-c2ccccc2)[nH]1)N1CCOC[C@@H]1c1ncon1. The van der Waals surface area contributed by atoms with Gasteiger partial charge in [-0.25, -0.2) is 0 Å². The Morgan fingerprint density at radius 1 is 1.21 bits per heavy atom. The van der Waals surface area contributed by atoms with Crippen LogP contribution in [-0.4, -0.2) is 45.7 Å². The molecule has 1 aromatic carbocycles. The second-order valence-corrected chi connectivity index (χ2v) is 5.53. The first kappa shape index (κ1) is 14.6. The largest absolute Gasteiger partial charge is 0.377 e. The highest BCUT2D eigenvalue weighted by atomic mass is 16.5. The molecule has 0 saturated carbocycles. The Labute approximate surface area is 138 Å². The van der Waals surface area contributed by atoms with Gasteiger partial charge in [-0.1, -0.05) is 35.5 Å². The van der Waals surface area contributed by atoms with E-state index in [9.17, 15) is 4.79 Å². The van der Waals surface area contributed by atoms with Gasteiger partial charge in [0.15, 0.2) is 5.82 Å². The predicted molar refractivity (Wildman–Crippen MR) is 85.1 cm³/mol. The summed E-state index contributed by atoms with van der Waals surface area (Å²) in [5.74, 6) is 0.355. The number of nitrogens with one attached hydrogen (secondary N) is 1. The molecule has 7 nitrogen and oxygen atoms in total. The molecule has 122 valence electrons. The molecule has 1 fully saturated rings. The van der Waals surface area contributed by atoms with E-state index in [1.165, 1.54) is 6.39 Å². The summed E-state index contributed by atoms with van der Waals surface area (Å²) in [5.41, 5.74) is 2.47. The van der Waals surface area contributed by atoms with E-state index >= 15 is 0 Å². The van der Waals surface area contributed by atoms with Crippen molar-refractivity contribution in [1.82, 2.24) is 20.0 Å². The van der Waals surface area contributed by atoms with Crippen molar-refractivity contribution in [2.45, 2.75) is 6.04 Å². The number of aromatic amines is 1. The third-order valence-electron chi connectivity index (χ3n) is 4.07. The summed E-state index contributed by atoms with van der Waals surface area (Å²) in [6, 6.07) is 13.3. The van der Waals surface area contributed by atoms with Crippen molar-refractivity contribution in [1.29, 1.82) is 0 Å². The zero-order valence-corrected chi connectivity index (χ0v) is 12.9. The van der Waals surface area contributed by atoms with Gasteiger partial charge in [-0.2, -0.15) is 4.98 Å². The molecule has 1 atom stereocenters. The zero-order valence-electron chi connectivity index (χ0n) is 12.9. The molecular weight excluding hydrogens is 308 g/mol.